The van der Waals surface area contributed by atoms with Gasteiger partial charge in [-0.15, -0.1) is 11.3 Å². The quantitative estimate of drug-likeness (QED) is 0.777. The topological polar surface area (TPSA) is 33.1 Å². The van der Waals surface area contributed by atoms with Crippen LogP contribution in [0.25, 0.3) is 10.2 Å². The van der Waals surface area contributed by atoms with Gasteiger partial charge in [0, 0.05) is 6.42 Å². The maximum Gasteiger partial charge on any atom is 0.0939 e. The van der Waals surface area contributed by atoms with Crippen LogP contribution in [0.5, 0.6) is 0 Å². The molecular formula is C16H15NOS. The molecule has 1 N–H and O–H groups in total. The van der Waals surface area contributed by atoms with Gasteiger partial charge in [-0.05, 0) is 24.1 Å². The number of nitrogens with zero attached hydrogens (tertiary/aromatic N) is 1. The van der Waals surface area contributed by atoms with Crippen molar-refractivity contribution in [2.24, 2.45) is 0 Å². The molecule has 19 heavy (non-hydrogen) atoms. The molecule has 0 amide bonds. The fourth-order valence-corrected chi connectivity index (χ4v) is 3.11. The van der Waals surface area contributed by atoms with E-state index in [1.54, 1.807) is 11.3 Å². The molecule has 0 saturated heterocycles. The standard InChI is InChI=1S/C16H15NOS/c18-14(12-6-2-1-3-7-12)10-11-16-17-13-8-4-5-9-15(13)19-16/h1-9,14,18H,10-11H2. The lowest BCUT2D eigenvalue weighted by Gasteiger charge is -2.09. The molecule has 1 unspecified atom stereocenters. The van der Waals surface area contributed by atoms with Crippen LogP contribution in [0.2, 0.25) is 0 Å². The molecule has 0 spiro atoms. The van der Waals surface area contributed by atoms with E-state index in [0.717, 1.165) is 22.5 Å². The summed E-state index contributed by atoms with van der Waals surface area (Å²) < 4.78 is 1.21. The van der Waals surface area contributed by atoms with Crippen molar-refractivity contribution >= 4 is 21.6 Å². The highest BCUT2D eigenvalue weighted by molar-refractivity contribution is 7.18. The predicted octanol–water partition coefficient (Wildman–Crippen LogP) is 3.96. The van der Waals surface area contributed by atoms with Gasteiger partial charge < -0.3 is 5.11 Å². The van der Waals surface area contributed by atoms with Crippen molar-refractivity contribution in [2.45, 2.75) is 18.9 Å². The van der Waals surface area contributed by atoms with Crippen LogP contribution in [-0.4, -0.2) is 10.1 Å². The summed E-state index contributed by atoms with van der Waals surface area (Å²) in [6.07, 6.45) is 1.12. The summed E-state index contributed by atoms with van der Waals surface area (Å²) in [7, 11) is 0. The Hall–Kier alpha value is -1.71. The third-order valence-corrected chi connectivity index (χ3v) is 4.25. The summed E-state index contributed by atoms with van der Waals surface area (Å²) in [5.74, 6) is 0. The van der Waals surface area contributed by atoms with Crippen LogP contribution in [0, 0.1) is 0 Å². The average molecular weight is 269 g/mol. The maximum atomic E-state index is 10.1. The van der Waals surface area contributed by atoms with Gasteiger partial charge in [-0.3, -0.25) is 0 Å². The summed E-state index contributed by atoms with van der Waals surface area (Å²) in [5.41, 5.74) is 2.03. The highest BCUT2D eigenvalue weighted by Gasteiger charge is 2.09. The molecule has 0 aliphatic rings. The molecule has 0 radical (unpaired) electrons. The first-order chi connectivity index (χ1) is 9.33. The van der Waals surface area contributed by atoms with E-state index in [0.29, 0.717) is 6.42 Å². The molecule has 1 aromatic heterocycles. The fraction of sp³-hybridized carbons (Fsp3) is 0.188. The summed E-state index contributed by atoms with van der Waals surface area (Å²) in [6, 6.07) is 17.9. The number of hydrogen-bond acceptors (Lipinski definition) is 3. The maximum absolute atomic E-state index is 10.1. The zero-order valence-electron chi connectivity index (χ0n) is 10.5. The number of aromatic nitrogens is 1. The minimum Gasteiger partial charge on any atom is -0.388 e. The molecule has 3 heteroatoms. The number of rotatable bonds is 4. The van der Waals surface area contributed by atoms with Crippen LogP contribution < -0.4 is 0 Å². The summed E-state index contributed by atoms with van der Waals surface area (Å²) in [5, 5.41) is 11.2. The molecule has 3 aromatic rings. The van der Waals surface area contributed by atoms with E-state index < -0.39 is 6.10 Å². The first-order valence-corrected chi connectivity index (χ1v) is 7.22. The van der Waals surface area contributed by atoms with Gasteiger partial charge in [-0.1, -0.05) is 42.5 Å². The third kappa shape index (κ3) is 2.83. The van der Waals surface area contributed by atoms with Gasteiger partial charge in [0.25, 0.3) is 0 Å². The monoisotopic (exact) mass is 269 g/mol. The van der Waals surface area contributed by atoms with Crippen molar-refractivity contribution in [3.8, 4) is 0 Å². The molecule has 0 fully saturated rings. The lowest BCUT2D eigenvalue weighted by molar-refractivity contribution is 0.168. The van der Waals surface area contributed by atoms with Gasteiger partial charge in [0.1, 0.15) is 0 Å². The number of para-hydroxylation sites is 1. The molecule has 3 rings (SSSR count). The first-order valence-electron chi connectivity index (χ1n) is 6.40. The normalized spacial score (nSPS) is 12.7. The highest BCUT2D eigenvalue weighted by atomic mass is 32.1. The molecule has 0 bridgehead atoms. The lowest BCUT2D eigenvalue weighted by atomic mass is 10.1. The zero-order valence-corrected chi connectivity index (χ0v) is 11.3. The summed E-state index contributed by atoms with van der Waals surface area (Å²) in [4.78, 5) is 4.59. The fourth-order valence-electron chi connectivity index (χ4n) is 2.13. The van der Waals surface area contributed by atoms with Crippen LogP contribution in [0.1, 0.15) is 23.1 Å². The zero-order chi connectivity index (χ0) is 13.1. The van der Waals surface area contributed by atoms with Crippen molar-refractivity contribution in [1.29, 1.82) is 0 Å². The van der Waals surface area contributed by atoms with E-state index in [1.165, 1.54) is 4.70 Å². The van der Waals surface area contributed by atoms with Crippen LogP contribution >= 0.6 is 11.3 Å². The number of benzene rings is 2. The second-order valence-corrected chi connectivity index (χ2v) is 5.66. The van der Waals surface area contributed by atoms with Crippen molar-refractivity contribution in [2.75, 3.05) is 0 Å². The van der Waals surface area contributed by atoms with Gasteiger partial charge in [0.2, 0.25) is 0 Å². The highest BCUT2D eigenvalue weighted by Crippen LogP contribution is 2.25. The molecule has 2 nitrogen and oxygen atoms in total. The minimum atomic E-state index is -0.409. The predicted molar refractivity (Wildman–Crippen MR) is 79.3 cm³/mol. The van der Waals surface area contributed by atoms with E-state index in [1.807, 2.05) is 48.5 Å². The van der Waals surface area contributed by atoms with Crippen molar-refractivity contribution in [3.05, 3.63) is 65.2 Å². The Morgan fingerprint density at radius 1 is 1.00 bits per heavy atom. The number of thiazole rings is 1. The number of fused-ring (bicyclic) bond motifs is 1. The minimum absolute atomic E-state index is 0.409. The molecule has 0 saturated carbocycles. The van der Waals surface area contributed by atoms with Crippen LogP contribution in [0.15, 0.2) is 54.6 Å². The first kappa shape index (κ1) is 12.3. The van der Waals surface area contributed by atoms with Crippen molar-refractivity contribution in [1.82, 2.24) is 4.98 Å². The molecule has 1 atom stereocenters. The molecule has 0 aliphatic heterocycles. The van der Waals surface area contributed by atoms with Crippen molar-refractivity contribution in [3.63, 3.8) is 0 Å². The number of aliphatic hydroxyl groups excluding tert-OH is 1. The lowest BCUT2D eigenvalue weighted by Crippen LogP contribution is -1.99. The van der Waals surface area contributed by atoms with Gasteiger partial charge in [0.15, 0.2) is 0 Å². The van der Waals surface area contributed by atoms with Crippen LogP contribution in [0.3, 0.4) is 0 Å². The Morgan fingerprint density at radius 2 is 1.74 bits per heavy atom. The second kappa shape index (κ2) is 5.51. The SMILES string of the molecule is OC(CCc1nc2ccccc2s1)c1ccccc1. The smallest absolute Gasteiger partial charge is 0.0939 e. The van der Waals surface area contributed by atoms with E-state index in [2.05, 4.69) is 11.1 Å². The Balaban J connectivity index is 1.69. The van der Waals surface area contributed by atoms with E-state index in [9.17, 15) is 5.11 Å². The summed E-state index contributed by atoms with van der Waals surface area (Å²) in [6.45, 7) is 0. The number of aryl methyl sites for hydroxylation is 1. The Kier molecular flexibility index (Phi) is 3.58. The molecule has 96 valence electrons. The number of aliphatic hydroxyl groups is 1. The van der Waals surface area contributed by atoms with Crippen molar-refractivity contribution < 1.29 is 5.11 Å². The Bertz CT molecular complexity index is 630. The Morgan fingerprint density at radius 3 is 2.53 bits per heavy atom. The van der Waals surface area contributed by atoms with Crippen LogP contribution in [0.4, 0.5) is 0 Å². The van der Waals surface area contributed by atoms with E-state index >= 15 is 0 Å². The van der Waals surface area contributed by atoms with Gasteiger partial charge >= 0.3 is 0 Å². The molecule has 2 aromatic carbocycles. The van der Waals surface area contributed by atoms with Gasteiger partial charge in [0.05, 0.1) is 21.3 Å². The van der Waals surface area contributed by atoms with Crippen LogP contribution in [-0.2, 0) is 6.42 Å². The van der Waals surface area contributed by atoms with E-state index in [-0.39, 0.29) is 0 Å². The van der Waals surface area contributed by atoms with Gasteiger partial charge in [-0.25, -0.2) is 4.98 Å². The molecule has 1 heterocycles. The third-order valence-electron chi connectivity index (χ3n) is 3.15. The average Bonchev–Trinajstić information content (AvgIpc) is 2.88. The summed E-state index contributed by atoms with van der Waals surface area (Å²) >= 11 is 1.71. The second-order valence-electron chi connectivity index (χ2n) is 4.54. The number of hydrogen-bond donors (Lipinski definition) is 1. The van der Waals surface area contributed by atoms with Gasteiger partial charge in [-0.2, -0.15) is 0 Å². The molecule has 0 aliphatic carbocycles. The molecular weight excluding hydrogens is 254 g/mol. The van der Waals surface area contributed by atoms with E-state index in [4.69, 9.17) is 0 Å². The Labute approximate surface area is 116 Å². The largest absolute Gasteiger partial charge is 0.388 e.